The van der Waals surface area contributed by atoms with Crippen LogP contribution < -0.4 is 5.32 Å². The summed E-state index contributed by atoms with van der Waals surface area (Å²) in [6.45, 7) is 0. The summed E-state index contributed by atoms with van der Waals surface area (Å²) in [4.78, 5) is 15.2. The lowest BCUT2D eigenvalue weighted by molar-refractivity contribution is 0.152. The summed E-state index contributed by atoms with van der Waals surface area (Å²) in [5.74, 6) is 0. The first-order valence-electron chi connectivity index (χ1n) is 4.27. The molecule has 0 atom stereocenters. The molecular formula is C8H14N2O2. The molecule has 0 unspecified atom stereocenters. The molecule has 1 N–H and O–H groups in total. The zero-order valence-electron chi connectivity index (χ0n) is 7.30. The molecule has 0 aromatic carbocycles. The third-order valence-electron chi connectivity index (χ3n) is 1.89. The standard InChI is InChI=1S/C8H14N2O2/c1-9-8(11)12-10-7-5-3-2-4-6-7/h2-6H2,1H3,(H,9,11). The number of hydrogen-bond donors (Lipinski definition) is 1. The molecule has 1 rings (SSSR count). The van der Waals surface area contributed by atoms with E-state index in [1.165, 1.54) is 13.5 Å². The molecule has 1 saturated carbocycles. The van der Waals surface area contributed by atoms with Crippen LogP contribution in [-0.2, 0) is 4.84 Å². The van der Waals surface area contributed by atoms with Crippen molar-refractivity contribution in [2.45, 2.75) is 32.1 Å². The van der Waals surface area contributed by atoms with Crippen molar-refractivity contribution in [1.29, 1.82) is 0 Å². The Morgan fingerprint density at radius 3 is 2.67 bits per heavy atom. The van der Waals surface area contributed by atoms with E-state index in [1.54, 1.807) is 0 Å². The number of oxime groups is 1. The predicted octanol–water partition coefficient (Wildman–Crippen LogP) is 1.66. The fraction of sp³-hybridized carbons (Fsp3) is 0.750. The number of rotatable bonds is 1. The molecule has 1 fully saturated rings. The van der Waals surface area contributed by atoms with Crippen LogP contribution in [0.25, 0.3) is 0 Å². The van der Waals surface area contributed by atoms with Gasteiger partial charge in [0.15, 0.2) is 0 Å². The van der Waals surface area contributed by atoms with Crippen molar-refractivity contribution in [2.24, 2.45) is 5.16 Å². The van der Waals surface area contributed by atoms with Gasteiger partial charge in [-0.2, -0.15) is 0 Å². The van der Waals surface area contributed by atoms with Crippen molar-refractivity contribution in [2.75, 3.05) is 7.05 Å². The van der Waals surface area contributed by atoms with E-state index in [1.807, 2.05) is 0 Å². The molecule has 0 bridgehead atoms. The third-order valence-corrected chi connectivity index (χ3v) is 1.89. The SMILES string of the molecule is CNC(=O)ON=C1CCCCC1. The molecule has 12 heavy (non-hydrogen) atoms. The molecule has 0 spiro atoms. The zero-order valence-corrected chi connectivity index (χ0v) is 7.30. The number of carbonyl (C=O) groups is 1. The molecule has 0 aromatic heterocycles. The van der Waals surface area contributed by atoms with Crippen LogP contribution in [0.3, 0.4) is 0 Å². The van der Waals surface area contributed by atoms with Crippen LogP contribution in [-0.4, -0.2) is 18.9 Å². The molecular weight excluding hydrogens is 156 g/mol. The molecule has 0 aliphatic heterocycles. The van der Waals surface area contributed by atoms with Gasteiger partial charge >= 0.3 is 6.09 Å². The van der Waals surface area contributed by atoms with Crippen LogP contribution in [0.5, 0.6) is 0 Å². The maximum Gasteiger partial charge on any atom is 0.433 e. The summed E-state index contributed by atoms with van der Waals surface area (Å²) < 4.78 is 0. The highest BCUT2D eigenvalue weighted by atomic mass is 16.7. The molecule has 0 heterocycles. The second-order valence-electron chi connectivity index (χ2n) is 2.85. The van der Waals surface area contributed by atoms with E-state index in [9.17, 15) is 4.79 Å². The number of nitrogens with zero attached hydrogens (tertiary/aromatic N) is 1. The van der Waals surface area contributed by atoms with Crippen LogP contribution >= 0.6 is 0 Å². The smallest absolute Gasteiger partial charge is 0.323 e. The fourth-order valence-electron chi connectivity index (χ4n) is 1.20. The number of carbonyl (C=O) groups excluding carboxylic acids is 1. The van der Waals surface area contributed by atoms with Gasteiger partial charge in [0.25, 0.3) is 0 Å². The van der Waals surface area contributed by atoms with E-state index in [4.69, 9.17) is 0 Å². The Morgan fingerprint density at radius 1 is 1.42 bits per heavy atom. The van der Waals surface area contributed by atoms with Crippen molar-refractivity contribution < 1.29 is 9.63 Å². The van der Waals surface area contributed by atoms with Gasteiger partial charge in [0.05, 0.1) is 5.71 Å². The van der Waals surface area contributed by atoms with Crippen molar-refractivity contribution in [1.82, 2.24) is 5.32 Å². The second kappa shape index (κ2) is 4.74. The van der Waals surface area contributed by atoms with Crippen LogP contribution in [0.1, 0.15) is 32.1 Å². The van der Waals surface area contributed by atoms with Gasteiger partial charge in [-0.1, -0.05) is 11.6 Å². The van der Waals surface area contributed by atoms with E-state index in [0.29, 0.717) is 0 Å². The van der Waals surface area contributed by atoms with Gasteiger partial charge in [0.1, 0.15) is 0 Å². The molecule has 4 nitrogen and oxygen atoms in total. The Balaban J connectivity index is 2.29. The van der Waals surface area contributed by atoms with Crippen LogP contribution in [0, 0.1) is 0 Å². The van der Waals surface area contributed by atoms with Crippen molar-refractivity contribution in [3.8, 4) is 0 Å². The van der Waals surface area contributed by atoms with Crippen molar-refractivity contribution >= 4 is 11.8 Å². The third kappa shape index (κ3) is 2.90. The van der Waals surface area contributed by atoms with E-state index in [-0.39, 0.29) is 0 Å². The lowest BCUT2D eigenvalue weighted by atomic mass is 9.99. The Kier molecular flexibility index (Phi) is 3.57. The van der Waals surface area contributed by atoms with Crippen LogP contribution in [0.4, 0.5) is 4.79 Å². The highest BCUT2D eigenvalue weighted by Crippen LogP contribution is 2.14. The number of hydrogen-bond acceptors (Lipinski definition) is 3. The second-order valence-corrected chi connectivity index (χ2v) is 2.85. The van der Waals surface area contributed by atoms with Gasteiger partial charge in [0, 0.05) is 7.05 Å². The van der Waals surface area contributed by atoms with E-state index < -0.39 is 6.09 Å². The lowest BCUT2D eigenvalue weighted by Gasteiger charge is -2.10. The summed E-state index contributed by atoms with van der Waals surface area (Å²) in [6.07, 6.45) is 5.03. The minimum absolute atomic E-state index is 0.493. The number of nitrogens with one attached hydrogen (secondary N) is 1. The first-order chi connectivity index (χ1) is 5.83. The van der Waals surface area contributed by atoms with Crippen molar-refractivity contribution in [3.05, 3.63) is 0 Å². The van der Waals surface area contributed by atoms with Crippen molar-refractivity contribution in [3.63, 3.8) is 0 Å². The topological polar surface area (TPSA) is 50.7 Å². The lowest BCUT2D eigenvalue weighted by Crippen LogP contribution is -2.18. The Bertz CT molecular complexity index is 181. The Morgan fingerprint density at radius 2 is 2.08 bits per heavy atom. The van der Waals surface area contributed by atoms with Crippen LogP contribution in [0.2, 0.25) is 0 Å². The quantitative estimate of drug-likeness (QED) is 0.480. The van der Waals surface area contributed by atoms with Gasteiger partial charge in [-0.3, -0.25) is 4.84 Å². The normalized spacial score (nSPS) is 16.9. The van der Waals surface area contributed by atoms with Gasteiger partial charge in [-0.05, 0) is 25.7 Å². The van der Waals surface area contributed by atoms with E-state index >= 15 is 0 Å². The van der Waals surface area contributed by atoms with Gasteiger partial charge in [-0.25, -0.2) is 4.79 Å². The minimum atomic E-state index is -0.493. The molecule has 0 radical (unpaired) electrons. The maximum atomic E-state index is 10.6. The maximum absolute atomic E-state index is 10.6. The summed E-state index contributed by atoms with van der Waals surface area (Å²) in [5.41, 5.74) is 1.00. The average Bonchev–Trinajstić information content (AvgIpc) is 2.16. The molecule has 0 saturated heterocycles. The summed E-state index contributed by atoms with van der Waals surface area (Å²) in [5, 5.41) is 6.09. The van der Waals surface area contributed by atoms with Gasteiger partial charge < -0.3 is 5.32 Å². The number of amides is 1. The molecule has 0 aromatic rings. The predicted molar refractivity (Wildman–Crippen MR) is 46.1 cm³/mol. The highest BCUT2D eigenvalue weighted by molar-refractivity contribution is 5.85. The first kappa shape index (κ1) is 9.03. The molecule has 1 aliphatic rings. The average molecular weight is 170 g/mol. The Hall–Kier alpha value is -1.06. The van der Waals surface area contributed by atoms with Gasteiger partial charge in [0.2, 0.25) is 0 Å². The monoisotopic (exact) mass is 170 g/mol. The molecule has 68 valence electrons. The summed E-state index contributed by atoms with van der Waals surface area (Å²) >= 11 is 0. The Labute approximate surface area is 72.0 Å². The first-order valence-corrected chi connectivity index (χ1v) is 4.27. The summed E-state index contributed by atoms with van der Waals surface area (Å²) in [7, 11) is 1.52. The fourth-order valence-corrected chi connectivity index (χ4v) is 1.20. The van der Waals surface area contributed by atoms with Crippen LogP contribution in [0.15, 0.2) is 5.16 Å². The highest BCUT2D eigenvalue weighted by Gasteiger charge is 2.07. The molecule has 1 aliphatic carbocycles. The van der Waals surface area contributed by atoms with E-state index in [0.717, 1.165) is 31.4 Å². The van der Waals surface area contributed by atoms with Gasteiger partial charge in [-0.15, -0.1) is 0 Å². The largest absolute Gasteiger partial charge is 0.433 e. The minimum Gasteiger partial charge on any atom is -0.323 e. The molecule has 4 heteroatoms. The molecule has 1 amide bonds. The zero-order chi connectivity index (χ0) is 8.81. The summed E-state index contributed by atoms with van der Waals surface area (Å²) in [6, 6.07) is 0. The van der Waals surface area contributed by atoms with E-state index in [2.05, 4.69) is 15.3 Å².